The van der Waals surface area contributed by atoms with Gasteiger partial charge in [0.1, 0.15) is 23.8 Å². The van der Waals surface area contributed by atoms with E-state index in [1.54, 1.807) is 68.0 Å². The monoisotopic (exact) mass is 713 g/mol. The zero-order chi connectivity index (χ0) is 37.3. The van der Waals surface area contributed by atoms with Crippen molar-refractivity contribution in [2.24, 2.45) is 5.92 Å². The Kier molecular flexibility index (Phi) is 9.74. The summed E-state index contributed by atoms with van der Waals surface area (Å²) in [4.78, 5) is 62.7. The molecule has 0 bridgehead atoms. The minimum absolute atomic E-state index is 0.0327. The lowest BCUT2D eigenvalue weighted by molar-refractivity contribution is -0.132. The second-order valence-electron chi connectivity index (χ2n) is 14.4. The molecule has 0 spiro atoms. The van der Waals surface area contributed by atoms with E-state index in [-0.39, 0.29) is 24.9 Å². The minimum Gasteiger partial charge on any atom is -0.497 e. The number of hydrogen-bond donors (Lipinski definition) is 0. The number of aromatic nitrogens is 2. The normalized spacial score (nSPS) is 16.4. The van der Waals surface area contributed by atoms with Gasteiger partial charge in [-0.25, -0.2) is 4.79 Å². The van der Waals surface area contributed by atoms with Crippen LogP contribution in [0.25, 0.3) is 10.9 Å². The molecule has 3 amide bonds. The number of fused-ring (bicyclic) bond motifs is 2. The van der Waals surface area contributed by atoms with E-state index in [1.807, 2.05) is 72.8 Å². The number of benzene rings is 4. The Hall–Kier alpha value is -5.97. The fraction of sp³-hybridized carbons (Fsp3) is 0.310. The van der Waals surface area contributed by atoms with E-state index in [1.165, 1.54) is 9.58 Å². The predicted octanol–water partition coefficient (Wildman–Crippen LogP) is 7.67. The quantitative estimate of drug-likeness (QED) is 0.152. The van der Waals surface area contributed by atoms with Gasteiger partial charge in [-0.15, -0.1) is 0 Å². The number of rotatable bonds is 8. The number of methoxy groups -OCH3 is 1. The SMILES string of the molecule is COc1ccc(N(C(=O)CN2C(=O)C(Cc3nn(C(=O)OC(C)(C)C)c4ccccc34)C(=O)N(c3ccccc3)c3ccccc32)C2CCCC2)cc1. The molecule has 53 heavy (non-hydrogen) atoms. The van der Waals surface area contributed by atoms with Gasteiger partial charge in [-0.3, -0.25) is 19.3 Å². The van der Waals surface area contributed by atoms with Crippen molar-refractivity contribution in [3.63, 3.8) is 0 Å². The molecular formula is C42H43N5O6. The number of carbonyl (C=O) groups is 4. The first-order chi connectivity index (χ1) is 25.5. The number of nitrogens with zero attached hydrogens (tertiary/aromatic N) is 5. The highest BCUT2D eigenvalue weighted by molar-refractivity contribution is 6.21. The largest absolute Gasteiger partial charge is 0.497 e. The van der Waals surface area contributed by atoms with Crippen LogP contribution in [0.5, 0.6) is 5.75 Å². The summed E-state index contributed by atoms with van der Waals surface area (Å²) in [5.74, 6) is -1.88. The molecule has 1 fully saturated rings. The predicted molar refractivity (Wildman–Crippen MR) is 204 cm³/mol. The fourth-order valence-corrected chi connectivity index (χ4v) is 7.34. The molecule has 0 N–H and O–H groups in total. The van der Waals surface area contributed by atoms with Crippen LogP contribution in [0.15, 0.2) is 103 Å². The molecule has 1 saturated carbocycles. The third kappa shape index (κ3) is 7.11. The van der Waals surface area contributed by atoms with Crippen LogP contribution in [0.2, 0.25) is 0 Å². The van der Waals surface area contributed by atoms with E-state index in [0.29, 0.717) is 39.4 Å². The van der Waals surface area contributed by atoms with Crippen LogP contribution < -0.4 is 19.4 Å². The Morgan fingerprint density at radius 3 is 2.13 bits per heavy atom. The summed E-state index contributed by atoms with van der Waals surface area (Å²) >= 11 is 0. The van der Waals surface area contributed by atoms with Crippen molar-refractivity contribution in [3.05, 3.63) is 109 Å². The number of carbonyl (C=O) groups excluding carboxylic acids is 4. The number of para-hydroxylation sites is 4. The Morgan fingerprint density at radius 1 is 0.811 bits per heavy atom. The van der Waals surface area contributed by atoms with Gasteiger partial charge in [0, 0.05) is 29.2 Å². The molecule has 2 heterocycles. The molecule has 1 aromatic heterocycles. The molecule has 1 atom stereocenters. The number of ether oxygens (including phenoxy) is 2. The van der Waals surface area contributed by atoms with Gasteiger partial charge in [-0.05, 0) is 88.2 Å². The Balaban J connectivity index is 1.32. The van der Waals surface area contributed by atoms with Crippen LogP contribution in [-0.2, 0) is 25.5 Å². The summed E-state index contributed by atoms with van der Waals surface area (Å²) in [6.07, 6.45) is 2.90. The van der Waals surface area contributed by atoms with E-state index >= 15 is 4.79 Å². The van der Waals surface area contributed by atoms with E-state index in [2.05, 4.69) is 5.10 Å². The summed E-state index contributed by atoms with van der Waals surface area (Å²) in [7, 11) is 1.60. The summed E-state index contributed by atoms with van der Waals surface area (Å²) in [6.45, 7) is 5.02. The summed E-state index contributed by atoms with van der Waals surface area (Å²) in [5, 5.41) is 5.26. The molecule has 1 aliphatic heterocycles. The highest BCUT2D eigenvalue weighted by Crippen LogP contribution is 2.41. The van der Waals surface area contributed by atoms with E-state index < -0.39 is 29.4 Å². The average molecular weight is 714 g/mol. The van der Waals surface area contributed by atoms with Gasteiger partial charge in [-0.1, -0.05) is 61.4 Å². The van der Waals surface area contributed by atoms with Crippen LogP contribution in [0.3, 0.4) is 0 Å². The summed E-state index contributed by atoms with van der Waals surface area (Å²) in [6, 6.07) is 30.8. The molecule has 272 valence electrons. The minimum atomic E-state index is -1.29. The fourth-order valence-electron chi connectivity index (χ4n) is 7.34. The van der Waals surface area contributed by atoms with Crippen molar-refractivity contribution < 1.29 is 28.7 Å². The third-order valence-corrected chi connectivity index (χ3v) is 9.74. The number of hydrogen-bond acceptors (Lipinski definition) is 7. The smallest absolute Gasteiger partial charge is 0.435 e. The van der Waals surface area contributed by atoms with E-state index in [0.717, 1.165) is 31.4 Å². The first kappa shape index (κ1) is 35.4. The standard InChI is InChI=1S/C42H43N5O6/c1-42(2,3)53-41(51)47-35-19-11-10-18-32(35)34(43-47)26-33-39(49)44(36-20-12-13-21-37(36)46(40(33)50)29-14-6-5-7-15-29)27-38(48)45(28-16-8-9-17-28)30-22-24-31(52-4)25-23-30/h5-7,10-15,18-25,28,33H,8-9,16-17,26-27H2,1-4H3. The molecule has 2 aliphatic rings. The number of amides is 3. The van der Waals surface area contributed by atoms with Gasteiger partial charge in [0.15, 0.2) is 0 Å². The topological polar surface area (TPSA) is 114 Å². The van der Waals surface area contributed by atoms with Gasteiger partial charge in [0.25, 0.3) is 0 Å². The van der Waals surface area contributed by atoms with Crippen molar-refractivity contribution in [1.82, 2.24) is 9.78 Å². The van der Waals surface area contributed by atoms with Crippen LogP contribution in [0.4, 0.5) is 27.5 Å². The van der Waals surface area contributed by atoms with Gasteiger partial charge in [0.05, 0.1) is 29.7 Å². The molecular weight excluding hydrogens is 670 g/mol. The second-order valence-corrected chi connectivity index (χ2v) is 14.4. The highest BCUT2D eigenvalue weighted by atomic mass is 16.6. The molecule has 5 aromatic rings. The lowest BCUT2D eigenvalue weighted by atomic mass is 9.98. The van der Waals surface area contributed by atoms with Gasteiger partial charge in [-0.2, -0.15) is 9.78 Å². The van der Waals surface area contributed by atoms with Crippen molar-refractivity contribution in [2.45, 2.75) is 64.5 Å². The molecule has 11 nitrogen and oxygen atoms in total. The van der Waals surface area contributed by atoms with Gasteiger partial charge in [0.2, 0.25) is 17.7 Å². The Morgan fingerprint density at radius 2 is 1.45 bits per heavy atom. The van der Waals surface area contributed by atoms with E-state index in [9.17, 15) is 14.4 Å². The van der Waals surface area contributed by atoms with Gasteiger partial charge >= 0.3 is 6.09 Å². The van der Waals surface area contributed by atoms with E-state index in [4.69, 9.17) is 9.47 Å². The summed E-state index contributed by atoms with van der Waals surface area (Å²) < 4.78 is 12.2. The Bertz CT molecular complexity index is 2150. The molecule has 1 unspecified atom stereocenters. The maximum Gasteiger partial charge on any atom is 0.435 e. The molecule has 1 aliphatic carbocycles. The maximum absolute atomic E-state index is 15.0. The third-order valence-electron chi connectivity index (χ3n) is 9.74. The van der Waals surface area contributed by atoms with Crippen LogP contribution in [0.1, 0.15) is 52.1 Å². The molecule has 4 aromatic carbocycles. The van der Waals surface area contributed by atoms with Gasteiger partial charge < -0.3 is 19.3 Å². The molecule has 0 radical (unpaired) electrons. The Labute approximate surface area is 308 Å². The second kappa shape index (κ2) is 14.6. The number of anilines is 4. The lowest BCUT2D eigenvalue weighted by Crippen LogP contribution is -2.49. The highest BCUT2D eigenvalue weighted by Gasteiger charge is 2.43. The van der Waals surface area contributed by atoms with Crippen molar-refractivity contribution in [1.29, 1.82) is 0 Å². The van der Waals surface area contributed by atoms with Crippen molar-refractivity contribution in [3.8, 4) is 5.75 Å². The zero-order valence-corrected chi connectivity index (χ0v) is 30.4. The molecule has 0 saturated heterocycles. The zero-order valence-electron chi connectivity index (χ0n) is 30.4. The summed E-state index contributed by atoms with van der Waals surface area (Å²) in [5.41, 5.74) is 2.32. The van der Waals surface area contributed by atoms with Crippen LogP contribution >= 0.6 is 0 Å². The van der Waals surface area contributed by atoms with Crippen molar-refractivity contribution in [2.75, 3.05) is 28.4 Å². The van der Waals surface area contributed by atoms with Crippen molar-refractivity contribution >= 4 is 57.5 Å². The first-order valence-electron chi connectivity index (χ1n) is 18.0. The first-order valence-corrected chi connectivity index (χ1v) is 18.0. The van der Waals surface area contributed by atoms with Crippen LogP contribution in [-0.4, -0.2) is 58.9 Å². The molecule has 11 heteroatoms. The maximum atomic E-state index is 15.0. The van der Waals surface area contributed by atoms with Crippen LogP contribution in [0, 0.1) is 5.92 Å². The average Bonchev–Trinajstić information content (AvgIpc) is 3.80. The molecule has 7 rings (SSSR count). The lowest BCUT2D eigenvalue weighted by Gasteiger charge is -2.32.